The zero-order valence-electron chi connectivity index (χ0n) is 9.58. The van der Waals surface area contributed by atoms with Gasteiger partial charge in [-0.15, -0.1) is 0 Å². The number of pyridine rings is 2. The van der Waals surface area contributed by atoms with Gasteiger partial charge in [-0.05, 0) is 36.4 Å². The number of benzene rings is 1. The summed E-state index contributed by atoms with van der Waals surface area (Å²) in [6, 6.07) is 13.7. The van der Waals surface area contributed by atoms with E-state index < -0.39 is 0 Å². The van der Waals surface area contributed by atoms with E-state index >= 15 is 0 Å². The van der Waals surface area contributed by atoms with Crippen molar-refractivity contribution >= 4 is 28.4 Å². The Bertz CT molecular complexity index is 683. The molecule has 0 aliphatic heterocycles. The standard InChI is InChI=1S/C14H11N3S/c15-11-2-3-13-10(9-11)1-4-14(17-13)18-12-5-7-16-8-6-12/h1-9H,15H2. The summed E-state index contributed by atoms with van der Waals surface area (Å²) < 4.78 is 0. The summed E-state index contributed by atoms with van der Waals surface area (Å²) in [5, 5.41) is 2.03. The van der Waals surface area contributed by atoms with Crippen LogP contribution in [0.3, 0.4) is 0 Å². The van der Waals surface area contributed by atoms with Crippen LogP contribution in [0.4, 0.5) is 5.69 Å². The Morgan fingerprint density at radius 3 is 2.61 bits per heavy atom. The molecule has 1 aromatic carbocycles. The lowest BCUT2D eigenvalue weighted by Gasteiger charge is -2.03. The molecule has 18 heavy (non-hydrogen) atoms. The summed E-state index contributed by atoms with van der Waals surface area (Å²) in [7, 11) is 0. The summed E-state index contributed by atoms with van der Waals surface area (Å²) in [6.07, 6.45) is 3.56. The van der Waals surface area contributed by atoms with Gasteiger partial charge >= 0.3 is 0 Å². The van der Waals surface area contributed by atoms with Crippen LogP contribution in [0.2, 0.25) is 0 Å². The van der Waals surface area contributed by atoms with Gasteiger partial charge in [0.1, 0.15) is 5.03 Å². The first kappa shape index (κ1) is 11.0. The summed E-state index contributed by atoms with van der Waals surface area (Å²) in [4.78, 5) is 9.73. The molecule has 0 unspecified atom stereocenters. The Morgan fingerprint density at radius 2 is 1.78 bits per heavy atom. The molecular formula is C14H11N3S. The predicted octanol–water partition coefficient (Wildman–Crippen LogP) is 3.36. The number of nitrogens with zero attached hydrogens (tertiary/aromatic N) is 2. The van der Waals surface area contributed by atoms with E-state index in [1.54, 1.807) is 24.2 Å². The molecule has 0 aliphatic rings. The molecule has 0 amide bonds. The number of fused-ring (bicyclic) bond motifs is 1. The van der Waals surface area contributed by atoms with E-state index in [2.05, 4.69) is 9.97 Å². The van der Waals surface area contributed by atoms with Crippen LogP contribution in [0, 0.1) is 0 Å². The lowest BCUT2D eigenvalue weighted by Crippen LogP contribution is -1.87. The van der Waals surface area contributed by atoms with Gasteiger partial charge in [0.05, 0.1) is 5.52 Å². The van der Waals surface area contributed by atoms with Gasteiger partial charge in [0.25, 0.3) is 0 Å². The highest BCUT2D eigenvalue weighted by Crippen LogP contribution is 2.27. The van der Waals surface area contributed by atoms with Gasteiger partial charge in [-0.25, -0.2) is 4.98 Å². The lowest BCUT2D eigenvalue weighted by atomic mass is 10.2. The third kappa shape index (κ3) is 2.28. The highest BCUT2D eigenvalue weighted by molar-refractivity contribution is 7.99. The Hall–Kier alpha value is -2.07. The predicted molar refractivity (Wildman–Crippen MR) is 74.5 cm³/mol. The molecule has 0 atom stereocenters. The average Bonchev–Trinajstić information content (AvgIpc) is 2.40. The summed E-state index contributed by atoms with van der Waals surface area (Å²) in [5.74, 6) is 0. The highest BCUT2D eigenvalue weighted by Gasteiger charge is 2.01. The number of nitrogen functional groups attached to an aromatic ring is 1. The third-order valence-electron chi connectivity index (χ3n) is 2.56. The van der Waals surface area contributed by atoms with Crippen LogP contribution in [-0.2, 0) is 0 Å². The quantitative estimate of drug-likeness (QED) is 0.711. The van der Waals surface area contributed by atoms with Gasteiger partial charge < -0.3 is 5.73 Å². The van der Waals surface area contributed by atoms with Crippen LogP contribution in [-0.4, -0.2) is 9.97 Å². The first-order chi connectivity index (χ1) is 8.81. The second-order valence-electron chi connectivity index (χ2n) is 3.89. The van der Waals surface area contributed by atoms with Crippen molar-refractivity contribution < 1.29 is 0 Å². The maximum Gasteiger partial charge on any atom is 0.101 e. The van der Waals surface area contributed by atoms with Gasteiger partial charge in [0.15, 0.2) is 0 Å². The van der Waals surface area contributed by atoms with E-state index in [0.29, 0.717) is 0 Å². The average molecular weight is 253 g/mol. The van der Waals surface area contributed by atoms with E-state index in [1.165, 1.54) is 0 Å². The van der Waals surface area contributed by atoms with E-state index in [9.17, 15) is 0 Å². The molecular weight excluding hydrogens is 242 g/mol. The first-order valence-corrected chi connectivity index (χ1v) is 6.37. The number of aromatic nitrogens is 2. The van der Waals surface area contributed by atoms with Crippen molar-refractivity contribution in [3.63, 3.8) is 0 Å². The molecule has 0 saturated heterocycles. The SMILES string of the molecule is Nc1ccc2nc(Sc3ccncc3)ccc2c1. The fourth-order valence-electron chi connectivity index (χ4n) is 1.71. The monoisotopic (exact) mass is 253 g/mol. The molecule has 3 rings (SSSR count). The molecule has 0 spiro atoms. The highest BCUT2D eigenvalue weighted by atomic mass is 32.2. The van der Waals surface area contributed by atoms with Crippen LogP contribution in [0.1, 0.15) is 0 Å². The maximum atomic E-state index is 5.75. The van der Waals surface area contributed by atoms with Crippen LogP contribution >= 0.6 is 11.8 Å². The smallest absolute Gasteiger partial charge is 0.101 e. The molecule has 0 aliphatic carbocycles. The van der Waals surface area contributed by atoms with Gasteiger partial charge in [0, 0.05) is 28.4 Å². The molecule has 88 valence electrons. The number of rotatable bonds is 2. The van der Waals surface area contributed by atoms with Crippen molar-refractivity contribution in [2.24, 2.45) is 0 Å². The van der Waals surface area contributed by atoms with Gasteiger partial charge in [-0.2, -0.15) is 0 Å². The third-order valence-corrected chi connectivity index (χ3v) is 3.50. The van der Waals surface area contributed by atoms with Crippen LogP contribution < -0.4 is 5.73 Å². The number of hydrogen-bond donors (Lipinski definition) is 1. The van der Waals surface area contributed by atoms with Crippen molar-refractivity contribution in [3.05, 3.63) is 54.9 Å². The van der Waals surface area contributed by atoms with Crippen molar-refractivity contribution in [1.29, 1.82) is 0 Å². The first-order valence-electron chi connectivity index (χ1n) is 5.55. The normalized spacial score (nSPS) is 10.7. The minimum Gasteiger partial charge on any atom is -0.399 e. The minimum absolute atomic E-state index is 0.763. The minimum atomic E-state index is 0.763. The van der Waals surface area contributed by atoms with Crippen LogP contribution in [0.15, 0.2) is 64.8 Å². The molecule has 2 N–H and O–H groups in total. The molecule has 4 heteroatoms. The molecule has 0 radical (unpaired) electrons. The Morgan fingerprint density at radius 1 is 0.944 bits per heavy atom. The number of anilines is 1. The molecule has 3 aromatic rings. The van der Waals surface area contributed by atoms with Crippen LogP contribution in [0.5, 0.6) is 0 Å². The number of hydrogen-bond acceptors (Lipinski definition) is 4. The second-order valence-corrected chi connectivity index (χ2v) is 4.98. The molecule has 0 saturated carbocycles. The van der Waals surface area contributed by atoms with Crippen molar-refractivity contribution in [1.82, 2.24) is 9.97 Å². The zero-order chi connectivity index (χ0) is 12.4. The van der Waals surface area contributed by atoms with Crippen molar-refractivity contribution in [3.8, 4) is 0 Å². The number of nitrogens with two attached hydrogens (primary N) is 1. The van der Waals surface area contributed by atoms with Gasteiger partial charge in [0.2, 0.25) is 0 Å². The van der Waals surface area contributed by atoms with Gasteiger partial charge in [-0.3, -0.25) is 4.98 Å². The molecule has 3 nitrogen and oxygen atoms in total. The molecule has 0 bridgehead atoms. The van der Waals surface area contributed by atoms with Crippen LogP contribution in [0.25, 0.3) is 10.9 Å². The summed E-state index contributed by atoms with van der Waals surface area (Å²) in [5.41, 5.74) is 7.47. The molecule has 0 fully saturated rings. The van der Waals surface area contributed by atoms with Crippen molar-refractivity contribution in [2.75, 3.05) is 5.73 Å². The molecule has 2 heterocycles. The molecule has 2 aromatic heterocycles. The van der Waals surface area contributed by atoms with Gasteiger partial charge in [-0.1, -0.05) is 17.8 Å². The van der Waals surface area contributed by atoms with E-state index in [0.717, 1.165) is 26.5 Å². The fourth-order valence-corrected chi connectivity index (χ4v) is 2.49. The topological polar surface area (TPSA) is 51.8 Å². The Kier molecular flexibility index (Phi) is 2.86. The largest absolute Gasteiger partial charge is 0.399 e. The van der Waals surface area contributed by atoms with E-state index in [4.69, 9.17) is 5.73 Å². The lowest BCUT2D eigenvalue weighted by molar-refractivity contribution is 1.18. The summed E-state index contributed by atoms with van der Waals surface area (Å²) >= 11 is 1.62. The van der Waals surface area contributed by atoms with E-state index in [1.807, 2.05) is 42.5 Å². The summed E-state index contributed by atoms with van der Waals surface area (Å²) in [6.45, 7) is 0. The van der Waals surface area contributed by atoms with E-state index in [-0.39, 0.29) is 0 Å². The Balaban J connectivity index is 1.96. The second kappa shape index (κ2) is 4.66. The van der Waals surface area contributed by atoms with Crippen molar-refractivity contribution in [2.45, 2.75) is 9.92 Å². The maximum absolute atomic E-state index is 5.75. The zero-order valence-corrected chi connectivity index (χ0v) is 10.4. The Labute approximate surface area is 109 Å². The fraction of sp³-hybridized carbons (Fsp3) is 0.